The topological polar surface area (TPSA) is 49.4 Å². The number of carbonyl (C=O) groups excluding carboxylic acids is 2. The molecule has 5 heteroatoms. The number of carbonyl (C=O) groups is 2. The molecular weight excluding hydrogens is 379 g/mol. The maximum atomic E-state index is 12.1. The fourth-order valence-electron chi connectivity index (χ4n) is 2.25. The largest absolute Gasteiger partial charge is 0.339 e. The Morgan fingerprint density at radius 2 is 1.90 bits per heavy atom. The number of para-hydroxylation sites is 1. The standard InChI is InChI=1S/C16H13IN2O2/c17-12-6-4-5-11(9-12)15(20)18-14-10-19(16(14)21)13-7-2-1-3-8-13/h1-9,14H,10H2,(H,18,20)/t14-/m0/s1. The molecule has 106 valence electrons. The Kier molecular flexibility index (Phi) is 3.92. The summed E-state index contributed by atoms with van der Waals surface area (Å²) in [6.45, 7) is 0.512. The van der Waals surface area contributed by atoms with E-state index in [4.69, 9.17) is 0 Å². The van der Waals surface area contributed by atoms with Crippen LogP contribution in [0.15, 0.2) is 54.6 Å². The summed E-state index contributed by atoms with van der Waals surface area (Å²) in [7, 11) is 0. The van der Waals surface area contributed by atoms with Crippen LogP contribution in [0, 0.1) is 3.57 Å². The molecule has 2 amide bonds. The zero-order valence-electron chi connectivity index (χ0n) is 11.1. The minimum atomic E-state index is -0.435. The normalized spacial score (nSPS) is 17.3. The second-order valence-electron chi connectivity index (χ2n) is 4.82. The van der Waals surface area contributed by atoms with E-state index in [1.165, 1.54) is 0 Å². The summed E-state index contributed by atoms with van der Waals surface area (Å²) in [6, 6.07) is 16.3. The molecule has 4 nitrogen and oxygen atoms in total. The predicted octanol–water partition coefficient (Wildman–Crippen LogP) is 2.44. The fourth-order valence-corrected chi connectivity index (χ4v) is 2.79. The molecule has 1 fully saturated rings. The van der Waals surface area contributed by atoms with Crippen molar-refractivity contribution < 1.29 is 9.59 Å². The van der Waals surface area contributed by atoms with Gasteiger partial charge in [-0.2, -0.15) is 0 Å². The summed E-state index contributed by atoms with van der Waals surface area (Å²) >= 11 is 2.16. The maximum absolute atomic E-state index is 12.1. The molecule has 0 radical (unpaired) electrons. The van der Waals surface area contributed by atoms with E-state index < -0.39 is 6.04 Å². The van der Waals surface area contributed by atoms with Crippen molar-refractivity contribution in [3.63, 3.8) is 0 Å². The molecule has 0 aromatic heterocycles. The quantitative estimate of drug-likeness (QED) is 0.645. The zero-order valence-corrected chi connectivity index (χ0v) is 13.3. The van der Waals surface area contributed by atoms with Crippen molar-refractivity contribution in [2.75, 3.05) is 11.4 Å². The molecule has 0 bridgehead atoms. The number of halogens is 1. The van der Waals surface area contributed by atoms with Gasteiger partial charge >= 0.3 is 0 Å². The summed E-state index contributed by atoms with van der Waals surface area (Å²) in [6.07, 6.45) is 0. The highest BCUT2D eigenvalue weighted by molar-refractivity contribution is 14.1. The van der Waals surface area contributed by atoms with Gasteiger partial charge in [-0.25, -0.2) is 0 Å². The highest BCUT2D eigenvalue weighted by atomic mass is 127. The smallest absolute Gasteiger partial charge is 0.252 e. The van der Waals surface area contributed by atoms with Gasteiger partial charge in [-0.1, -0.05) is 24.3 Å². The number of amides is 2. The number of benzene rings is 2. The van der Waals surface area contributed by atoms with Gasteiger partial charge in [0.25, 0.3) is 11.8 Å². The Hall–Kier alpha value is -1.89. The molecule has 1 atom stereocenters. The van der Waals surface area contributed by atoms with E-state index in [0.29, 0.717) is 12.1 Å². The van der Waals surface area contributed by atoms with E-state index in [-0.39, 0.29) is 11.8 Å². The van der Waals surface area contributed by atoms with Crippen molar-refractivity contribution in [1.29, 1.82) is 0 Å². The van der Waals surface area contributed by atoms with Crippen LogP contribution in [0.25, 0.3) is 0 Å². The Morgan fingerprint density at radius 3 is 2.57 bits per heavy atom. The summed E-state index contributed by atoms with van der Waals surface area (Å²) < 4.78 is 0.992. The first-order valence-corrected chi connectivity index (χ1v) is 7.66. The van der Waals surface area contributed by atoms with Crippen LogP contribution in [0.4, 0.5) is 5.69 Å². The molecule has 0 saturated carbocycles. The third kappa shape index (κ3) is 2.92. The first-order valence-electron chi connectivity index (χ1n) is 6.58. The van der Waals surface area contributed by atoms with E-state index in [2.05, 4.69) is 27.9 Å². The van der Waals surface area contributed by atoms with E-state index in [9.17, 15) is 9.59 Å². The lowest BCUT2D eigenvalue weighted by atomic mass is 10.1. The highest BCUT2D eigenvalue weighted by Crippen LogP contribution is 2.21. The van der Waals surface area contributed by atoms with Crippen LogP contribution < -0.4 is 10.2 Å². The number of nitrogens with one attached hydrogen (secondary N) is 1. The molecule has 1 saturated heterocycles. The lowest BCUT2D eigenvalue weighted by Gasteiger charge is -2.38. The number of hydrogen-bond acceptors (Lipinski definition) is 2. The lowest BCUT2D eigenvalue weighted by molar-refractivity contribution is -0.124. The number of nitrogens with zero attached hydrogens (tertiary/aromatic N) is 1. The van der Waals surface area contributed by atoms with Crippen LogP contribution in [0.3, 0.4) is 0 Å². The second kappa shape index (κ2) is 5.85. The Balaban J connectivity index is 1.63. The third-order valence-corrected chi connectivity index (χ3v) is 4.06. The van der Waals surface area contributed by atoms with Crippen LogP contribution >= 0.6 is 22.6 Å². The zero-order chi connectivity index (χ0) is 14.8. The average molecular weight is 392 g/mol. The van der Waals surface area contributed by atoms with Gasteiger partial charge in [0.15, 0.2) is 0 Å². The van der Waals surface area contributed by atoms with Crippen molar-refractivity contribution in [2.24, 2.45) is 0 Å². The van der Waals surface area contributed by atoms with Gasteiger partial charge in [0.05, 0.1) is 6.54 Å². The predicted molar refractivity (Wildman–Crippen MR) is 89.2 cm³/mol. The first-order chi connectivity index (χ1) is 10.1. The molecule has 21 heavy (non-hydrogen) atoms. The van der Waals surface area contributed by atoms with E-state index in [1.54, 1.807) is 17.0 Å². The molecule has 1 heterocycles. The van der Waals surface area contributed by atoms with E-state index >= 15 is 0 Å². The number of rotatable bonds is 3. The second-order valence-corrected chi connectivity index (χ2v) is 6.07. The van der Waals surface area contributed by atoms with Gasteiger partial charge in [-0.15, -0.1) is 0 Å². The Labute approximate surface area is 136 Å². The van der Waals surface area contributed by atoms with Crippen molar-refractivity contribution >= 4 is 40.1 Å². The minimum absolute atomic E-state index is 0.0693. The van der Waals surface area contributed by atoms with Crippen molar-refractivity contribution in [3.8, 4) is 0 Å². The first kappa shape index (κ1) is 14.1. The fraction of sp³-hybridized carbons (Fsp3) is 0.125. The highest BCUT2D eigenvalue weighted by Gasteiger charge is 2.38. The maximum Gasteiger partial charge on any atom is 0.252 e. The van der Waals surface area contributed by atoms with Crippen LogP contribution in [0.1, 0.15) is 10.4 Å². The molecule has 1 aliphatic rings. The molecule has 3 rings (SSSR count). The number of β-lactam (4-membered cyclic amide) rings is 1. The van der Waals surface area contributed by atoms with Gasteiger partial charge in [0.1, 0.15) is 6.04 Å². The summed E-state index contributed by atoms with van der Waals surface area (Å²) in [5.41, 5.74) is 1.44. The summed E-state index contributed by atoms with van der Waals surface area (Å²) in [4.78, 5) is 25.9. The van der Waals surface area contributed by atoms with E-state index in [1.807, 2.05) is 42.5 Å². The van der Waals surface area contributed by atoms with Crippen LogP contribution in [-0.4, -0.2) is 24.4 Å². The molecule has 2 aromatic rings. The van der Waals surface area contributed by atoms with Crippen molar-refractivity contribution in [2.45, 2.75) is 6.04 Å². The van der Waals surface area contributed by atoms with Crippen molar-refractivity contribution in [3.05, 3.63) is 63.7 Å². The molecular formula is C16H13IN2O2. The Bertz CT molecular complexity index is 688. The average Bonchev–Trinajstić information content (AvgIpc) is 2.51. The van der Waals surface area contributed by atoms with Crippen LogP contribution in [0.5, 0.6) is 0 Å². The van der Waals surface area contributed by atoms with Crippen LogP contribution in [-0.2, 0) is 4.79 Å². The molecule has 2 aromatic carbocycles. The monoisotopic (exact) mass is 392 g/mol. The lowest BCUT2D eigenvalue weighted by Crippen LogP contribution is -2.64. The molecule has 0 spiro atoms. The number of anilines is 1. The van der Waals surface area contributed by atoms with Gasteiger partial charge in [0.2, 0.25) is 0 Å². The molecule has 1 N–H and O–H groups in total. The van der Waals surface area contributed by atoms with Gasteiger partial charge < -0.3 is 10.2 Å². The van der Waals surface area contributed by atoms with Gasteiger partial charge in [-0.05, 0) is 52.9 Å². The molecule has 0 unspecified atom stereocenters. The van der Waals surface area contributed by atoms with Crippen molar-refractivity contribution in [1.82, 2.24) is 5.32 Å². The number of hydrogen-bond donors (Lipinski definition) is 1. The SMILES string of the molecule is O=C(N[C@H]1CN(c2ccccc2)C1=O)c1cccc(I)c1. The molecule has 0 aliphatic carbocycles. The van der Waals surface area contributed by atoms with Crippen LogP contribution in [0.2, 0.25) is 0 Å². The molecule has 1 aliphatic heterocycles. The van der Waals surface area contributed by atoms with Gasteiger partial charge in [-0.3, -0.25) is 9.59 Å². The third-order valence-electron chi connectivity index (χ3n) is 3.39. The minimum Gasteiger partial charge on any atom is -0.339 e. The summed E-state index contributed by atoms with van der Waals surface area (Å²) in [5, 5.41) is 2.78. The Morgan fingerprint density at radius 1 is 1.14 bits per heavy atom. The van der Waals surface area contributed by atoms with E-state index in [0.717, 1.165) is 9.26 Å². The summed E-state index contributed by atoms with van der Waals surface area (Å²) in [5.74, 6) is -0.278. The van der Waals surface area contributed by atoms with Gasteiger partial charge in [0, 0.05) is 14.8 Å².